The second-order valence-electron chi connectivity index (χ2n) is 5.14. The second-order valence-corrected chi connectivity index (χ2v) is 6.97. The van der Waals surface area contributed by atoms with Crippen molar-refractivity contribution in [2.75, 3.05) is 4.31 Å². The predicted molar refractivity (Wildman–Crippen MR) is 77.4 cm³/mol. The van der Waals surface area contributed by atoms with E-state index < -0.39 is 10.0 Å². The molecule has 1 amide bonds. The minimum atomic E-state index is -3.53. The first-order chi connectivity index (χ1) is 10.1. The molecular weight excluding hydrogens is 288 g/mol. The first kappa shape index (κ1) is 12.4. The van der Waals surface area contributed by atoms with Crippen molar-refractivity contribution in [2.45, 2.75) is 18.0 Å². The molecule has 0 unspecified atom stereocenters. The summed E-state index contributed by atoms with van der Waals surface area (Å²) >= 11 is 0. The van der Waals surface area contributed by atoms with Crippen molar-refractivity contribution in [3.63, 3.8) is 0 Å². The average Bonchev–Trinajstić information content (AvgIpc) is 2.98. The van der Waals surface area contributed by atoms with Crippen LogP contribution in [-0.2, 0) is 23.1 Å². The molecule has 2 aromatic rings. The standard InChI is InChI=1S/C15H12N2O3S/c18-15-13-7-12(6-5-10(13)8-16-15)17-9-11-3-1-2-4-14(11)21(17,19)20/h1-7H,8-9H2,(H,16,18). The van der Waals surface area contributed by atoms with Gasteiger partial charge in [0.1, 0.15) is 0 Å². The van der Waals surface area contributed by atoms with Gasteiger partial charge >= 0.3 is 0 Å². The van der Waals surface area contributed by atoms with Crippen LogP contribution in [0.25, 0.3) is 0 Å². The summed E-state index contributed by atoms with van der Waals surface area (Å²) in [7, 11) is -3.53. The van der Waals surface area contributed by atoms with Crippen molar-refractivity contribution in [1.29, 1.82) is 0 Å². The van der Waals surface area contributed by atoms with Crippen molar-refractivity contribution in [1.82, 2.24) is 5.32 Å². The fourth-order valence-corrected chi connectivity index (χ4v) is 4.48. The number of hydrogen-bond donors (Lipinski definition) is 1. The van der Waals surface area contributed by atoms with Gasteiger partial charge in [-0.05, 0) is 29.3 Å². The topological polar surface area (TPSA) is 66.5 Å². The van der Waals surface area contributed by atoms with Crippen LogP contribution >= 0.6 is 0 Å². The lowest BCUT2D eigenvalue weighted by atomic mass is 10.1. The Kier molecular flexibility index (Phi) is 2.41. The molecule has 2 aromatic carbocycles. The van der Waals surface area contributed by atoms with Gasteiger partial charge in [0.2, 0.25) is 0 Å². The van der Waals surface area contributed by atoms with Crippen LogP contribution in [0.3, 0.4) is 0 Å². The average molecular weight is 300 g/mol. The Morgan fingerprint density at radius 2 is 1.86 bits per heavy atom. The molecule has 0 saturated carbocycles. The molecule has 0 aromatic heterocycles. The van der Waals surface area contributed by atoms with Gasteiger partial charge in [0.15, 0.2) is 0 Å². The smallest absolute Gasteiger partial charge is 0.264 e. The maximum atomic E-state index is 12.6. The normalized spacial score (nSPS) is 18.3. The highest BCUT2D eigenvalue weighted by Crippen LogP contribution is 2.35. The van der Waals surface area contributed by atoms with E-state index in [1.165, 1.54) is 4.31 Å². The number of fused-ring (bicyclic) bond motifs is 2. The Balaban J connectivity index is 1.83. The summed E-state index contributed by atoms with van der Waals surface area (Å²) in [6.07, 6.45) is 0. The first-order valence-electron chi connectivity index (χ1n) is 6.59. The highest BCUT2D eigenvalue weighted by Gasteiger charge is 2.35. The van der Waals surface area contributed by atoms with E-state index in [0.29, 0.717) is 29.2 Å². The molecule has 0 saturated heterocycles. The van der Waals surface area contributed by atoms with E-state index in [-0.39, 0.29) is 5.91 Å². The number of rotatable bonds is 1. The molecule has 0 aliphatic carbocycles. The summed E-state index contributed by atoms with van der Waals surface area (Å²) in [6, 6.07) is 12.2. The Labute approximate surface area is 122 Å². The highest BCUT2D eigenvalue weighted by molar-refractivity contribution is 7.93. The van der Waals surface area contributed by atoms with Crippen LogP contribution in [0.4, 0.5) is 5.69 Å². The van der Waals surface area contributed by atoms with Crippen LogP contribution in [0.15, 0.2) is 47.4 Å². The van der Waals surface area contributed by atoms with Crippen molar-refractivity contribution >= 4 is 21.6 Å². The zero-order chi connectivity index (χ0) is 14.6. The monoisotopic (exact) mass is 300 g/mol. The largest absolute Gasteiger partial charge is 0.348 e. The van der Waals surface area contributed by atoms with Crippen LogP contribution in [0.2, 0.25) is 0 Å². The number of sulfonamides is 1. The summed E-state index contributed by atoms with van der Waals surface area (Å²) < 4.78 is 26.5. The number of carbonyl (C=O) groups excluding carboxylic acids is 1. The molecule has 5 nitrogen and oxygen atoms in total. The number of nitrogens with zero attached hydrogens (tertiary/aromatic N) is 1. The van der Waals surface area contributed by atoms with Crippen LogP contribution in [0, 0.1) is 0 Å². The number of hydrogen-bond acceptors (Lipinski definition) is 3. The van der Waals surface area contributed by atoms with E-state index in [9.17, 15) is 13.2 Å². The van der Waals surface area contributed by atoms with Gasteiger partial charge in [-0.25, -0.2) is 8.42 Å². The molecule has 2 heterocycles. The van der Waals surface area contributed by atoms with Crippen LogP contribution < -0.4 is 9.62 Å². The molecule has 1 N–H and O–H groups in total. The minimum Gasteiger partial charge on any atom is -0.348 e. The summed E-state index contributed by atoms with van der Waals surface area (Å²) in [5.74, 6) is -0.152. The molecular formula is C15H12N2O3S. The zero-order valence-corrected chi connectivity index (χ0v) is 11.9. The van der Waals surface area contributed by atoms with Gasteiger partial charge in [0.05, 0.1) is 17.1 Å². The molecule has 0 spiro atoms. The quantitative estimate of drug-likeness (QED) is 0.870. The van der Waals surface area contributed by atoms with E-state index in [1.54, 1.807) is 30.3 Å². The van der Waals surface area contributed by atoms with Gasteiger partial charge < -0.3 is 5.32 Å². The van der Waals surface area contributed by atoms with E-state index in [1.807, 2.05) is 12.1 Å². The fourth-order valence-electron chi connectivity index (χ4n) is 2.83. The maximum absolute atomic E-state index is 12.6. The number of anilines is 1. The number of carbonyl (C=O) groups is 1. The molecule has 2 aliphatic heterocycles. The summed E-state index contributed by atoms with van der Waals surface area (Å²) in [5.41, 5.74) is 2.76. The van der Waals surface area contributed by atoms with Crippen molar-refractivity contribution < 1.29 is 13.2 Å². The molecule has 4 rings (SSSR count). The number of amides is 1. The molecule has 0 radical (unpaired) electrons. The molecule has 0 fully saturated rings. The molecule has 0 atom stereocenters. The van der Waals surface area contributed by atoms with Gasteiger partial charge in [-0.15, -0.1) is 0 Å². The van der Waals surface area contributed by atoms with Crippen molar-refractivity contribution in [3.8, 4) is 0 Å². The molecule has 21 heavy (non-hydrogen) atoms. The predicted octanol–water partition coefficient (Wildman–Crippen LogP) is 1.64. The second kappa shape index (κ2) is 4.08. The van der Waals surface area contributed by atoms with Gasteiger partial charge in [0, 0.05) is 12.1 Å². The number of nitrogens with one attached hydrogen (secondary N) is 1. The SMILES string of the molecule is O=C1NCc2ccc(N3Cc4ccccc4S3(=O)=O)cc21. The summed E-state index contributed by atoms with van der Waals surface area (Å²) in [6.45, 7) is 0.806. The third-order valence-corrected chi connectivity index (χ3v) is 5.79. The summed E-state index contributed by atoms with van der Waals surface area (Å²) in [4.78, 5) is 12.1. The summed E-state index contributed by atoms with van der Waals surface area (Å²) in [5, 5.41) is 2.73. The van der Waals surface area contributed by atoms with Crippen LogP contribution in [0.5, 0.6) is 0 Å². The molecule has 6 heteroatoms. The van der Waals surface area contributed by atoms with E-state index >= 15 is 0 Å². The molecule has 106 valence electrons. The Hall–Kier alpha value is -2.34. The number of benzene rings is 2. The first-order valence-corrected chi connectivity index (χ1v) is 8.03. The van der Waals surface area contributed by atoms with Gasteiger partial charge in [-0.2, -0.15) is 0 Å². The van der Waals surface area contributed by atoms with Crippen molar-refractivity contribution in [2.24, 2.45) is 0 Å². The third kappa shape index (κ3) is 1.69. The highest BCUT2D eigenvalue weighted by atomic mass is 32.2. The fraction of sp³-hybridized carbons (Fsp3) is 0.133. The Bertz CT molecular complexity index is 874. The lowest BCUT2D eigenvalue weighted by molar-refractivity contribution is 0.0965. The lowest BCUT2D eigenvalue weighted by Gasteiger charge is -2.17. The van der Waals surface area contributed by atoms with Gasteiger partial charge in [-0.1, -0.05) is 24.3 Å². The van der Waals surface area contributed by atoms with Crippen LogP contribution in [0.1, 0.15) is 21.5 Å². The maximum Gasteiger partial charge on any atom is 0.264 e. The molecule has 2 aliphatic rings. The lowest BCUT2D eigenvalue weighted by Crippen LogP contribution is -2.24. The zero-order valence-electron chi connectivity index (χ0n) is 11.0. The van der Waals surface area contributed by atoms with E-state index in [2.05, 4.69) is 5.32 Å². The third-order valence-electron chi connectivity index (χ3n) is 3.92. The van der Waals surface area contributed by atoms with Gasteiger partial charge in [-0.3, -0.25) is 9.10 Å². The van der Waals surface area contributed by atoms with E-state index in [4.69, 9.17) is 0 Å². The van der Waals surface area contributed by atoms with Crippen LogP contribution in [-0.4, -0.2) is 14.3 Å². The minimum absolute atomic E-state index is 0.152. The molecule has 0 bridgehead atoms. The van der Waals surface area contributed by atoms with E-state index in [0.717, 1.165) is 11.1 Å². The van der Waals surface area contributed by atoms with Crippen molar-refractivity contribution in [3.05, 3.63) is 59.2 Å². The Morgan fingerprint density at radius 3 is 2.67 bits per heavy atom. The van der Waals surface area contributed by atoms with Gasteiger partial charge in [0.25, 0.3) is 15.9 Å². The Morgan fingerprint density at radius 1 is 1.05 bits per heavy atom.